The molecule has 21 heavy (non-hydrogen) atoms. The highest BCUT2D eigenvalue weighted by Crippen LogP contribution is 2.25. The van der Waals surface area contributed by atoms with Crippen molar-refractivity contribution in [3.63, 3.8) is 0 Å². The molecule has 110 valence electrons. The summed E-state index contributed by atoms with van der Waals surface area (Å²) < 4.78 is 0. The molecule has 0 radical (unpaired) electrons. The van der Waals surface area contributed by atoms with Gasteiger partial charge in [-0.2, -0.15) is 0 Å². The molecule has 0 unspecified atom stereocenters. The number of hydrogen-bond donors (Lipinski definition) is 1. The van der Waals surface area contributed by atoms with Crippen molar-refractivity contribution in [1.29, 1.82) is 0 Å². The summed E-state index contributed by atoms with van der Waals surface area (Å²) >= 11 is 6.07. The second-order valence-corrected chi connectivity index (χ2v) is 5.34. The summed E-state index contributed by atoms with van der Waals surface area (Å²) in [7, 11) is 0. The number of nitrogens with one attached hydrogen (secondary N) is 1. The van der Waals surface area contributed by atoms with E-state index in [1.54, 1.807) is 13.8 Å². The third kappa shape index (κ3) is 3.31. The summed E-state index contributed by atoms with van der Waals surface area (Å²) in [6, 6.07) is 5.66. The van der Waals surface area contributed by atoms with Gasteiger partial charge in [-0.25, -0.2) is 0 Å². The zero-order chi connectivity index (χ0) is 15.6. The molecule has 0 aliphatic heterocycles. The number of nitro groups is 1. The van der Waals surface area contributed by atoms with Crippen LogP contribution in [0, 0.1) is 30.9 Å². The Hall–Kier alpha value is -2.14. The van der Waals surface area contributed by atoms with Crippen molar-refractivity contribution < 1.29 is 4.92 Å². The molecule has 1 N–H and O–H groups in total. The van der Waals surface area contributed by atoms with E-state index in [1.807, 2.05) is 25.1 Å². The molecule has 0 amide bonds. The maximum absolute atomic E-state index is 11.1. The van der Waals surface area contributed by atoms with Crippen molar-refractivity contribution in [3.8, 4) is 0 Å². The van der Waals surface area contributed by atoms with Gasteiger partial charge in [0.25, 0.3) is 5.69 Å². The van der Waals surface area contributed by atoms with Gasteiger partial charge in [-0.05, 0) is 38.5 Å². The van der Waals surface area contributed by atoms with E-state index in [0.29, 0.717) is 28.4 Å². The molecule has 5 nitrogen and oxygen atoms in total. The summed E-state index contributed by atoms with van der Waals surface area (Å²) in [4.78, 5) is 15.0. The Labute approximate surface area is 128 Å². The third-order valence-corrected chi connectivity index (χ3v) is 3.80. The molecule has 0 aliphatic carbocycles. The standard InChI is InChI=1S/C15H16ClN3O2/c1-9-4-5-12(6-13(9)16)17-8-14-11(3)15(19(20)21)10(2)7-18-14/h4-7,17H,8H2,1-3H3. The Bertz CT molecular complexity index is 702. The molecule has 1 heterocycles. The maximum Gasteiger partial charge on any atom is 0.278 e. The van der Waals surface area contributed by atoms with Crippen molar-refractivity contribution in [1.82, 2.24) is 4.98 Å². The van der Waals surface area contributed by atoms with Crippen LogP contribution in [-0.4, -0.2) is 9.91 Å². The number of hydrogen-bond acceptors (Lipinski definition) is 4. The van der Waals surface area contributed by atoms with Gasteiger partial charge >= 0.3 is 0 Å². The smallest absolute Gasteiger partial charge is 0.278 e. The van der Waals surface area contributed by atoms with Gasteiger partial charge in [0.1, 0.15) is 0 Å². The van der Waals surface area contributed by atoms with Gasteiger partial charge in [0, 0.05) is 22.5 Å². The number of pyridine rings is 1. The minimum absolute atomic E-state index is 0.128. The van der Waals surface area contributed by atoms with Gasteiger partial charge in [0.15, 0.2) is 0 Å². The lowest BCUT2D eigenvalue weighted by Gasteiger charge is -2.10. The summed E-state index contributed by atoms with van der Waals surface area (Å²) in [5.41, 5.74) is 3.80. The highest BCUT2D eigenvalue weighted by molar-refractivity contribution is 6.31. The van der Waals surface area contributed by atoms with Crippen LogP contribution in [0.2, 0.25) is 5.02 Å². The number of nitrogens with zero attached hydrogens (tertiary/aromatic N) is 2. The molecular weight excluding hydrogens is 290 g/mol. The Morgan fingerprint density at radius 2 is 2.00 bits per heavy atom. The van der Waals surface area contributed by atoms with Crippen LogP contribution in [-0.2, 0) is 6.54 Å². The van der Waals surface area contributed by atoms with Crippen LogP contribution >= 0.6 is 11.6 Å². The summed E-state index contributed by atoms with van der Waals surface area (Å²) in [6.07, 6.45) is 1.53. The fraction of sp³-hybridized carbons (Fsp3) is 0.267. The van der Waals surface area contributed by atoms with Gasteiger partial charge in [0.05, 0.1) is 22.7 Å². The molecule has 1 aromatic heterocycles. The molecule has 1 aromatic carbocycles. The second kappa shape index (κ2) is 6.10. The van der Waals surface area contributed by atoms with Crippen molar-refractivity contribution in [2.75, 3.05) is 5.32 Å². The van der Waals surface area contributed by atoms with Gasteiger partial charge < -0.3 is 5.32 Å². The molecule has 6 heteroatoms. The Kier molecular flexibility index (Phi) is 4.43. The van der Waals surface area contributed by atoms with Crippen LogP contribution in [0.1, 0.15) is 22.4 Å². The predicted molar refractivity (Wildman–Crippen MR) is 83.9 cm³/mol. The molecule has 2 aromatic rings. The lowest BCUT2D eigenvalue weighted by Crippen LogP contribution is -2.07. The highest BCUT2D eigenvalue weighted by atomic mass is 35.5. The van der Waals surface area contributed by atoms with E-state index >= 15 is 0 Å². The summed E-state index contributed by atoms with van der Waals surface area (Å²) in [5.74, 6) is 0. The average molecular weight is 306 g/mol. The number of halogens is 1. The second-order valence-electron chi connectivity index (χ2n) is 4.94. The van der Waals surface area contributed by atoms with E-state index in [2.05, 4.69) is 10.3 Å². The minimum atomic E-state index is -0.363. The van der Waals surface area contributed by atoms with Gasteiger partial charge in [-0.3, -0.25) is 15.1 Å². The molecule has 0 fully saturated rings. The molecule has 0 saturated heterocycles. The number of aryl methyl sites for hydroxylation is 2. The minimum Gasteiger partial charge on any atom is -0.379 e. The van der Waals surface area contributed by atoms with E-state index in [0.717, 1.165) is 11.3 Å². The van der Waals surface area contributed by atoms with Crippen molar-refractivity contribution >= 4 is 23.0 Å². The quantitative estimate of drug-likeness (QED) is 0.679. The molecule has 0 bridgehead atoms. The Morgan fingerprint density at radius 1 is 1.29 bits per heavy atom. The van der Waals surface area contributed by atoms with E-state index in [9.17, 15) is 10.1 Å². The van der Waals surface area contributed by atoms with E-state index in [4.69, 9.17) is 11.6 Å². The first-order valence-corrected chi connectivity index (χ1v) is 6.87. The normalized spacial score (nSPS) is 10.5. The van der Waals surface area contributed by atoms with Crippen LogP contribution < -0.4 is 5.32 Å². The monoisotopic (exact) mass is 305 g/mol. The van der Waals surface area contributed by atoms with E-state index in [1.165, 1.54) is 6.20 Å². The topological polar surface area (TPSA) is 68.1 Å². The number of anilines is 1. The number of aromatic nitrogens is 1. The van der Waals surface area contributed by atoms with Gasteiger partial charge in [-0.15, -0.1) is 0 Å². The van der Waals surface area contributed by atoms with Crippen molar-refractivity contribution in [3.05, 3.63) is 61.9 Å². The highest BCUT2D eigenvalue weighted by Gasteiger charge is 2.18. The number of benzene rings is 1. The van der Waals surface area contributed by atoms with Gasteiger partial charge in [-0.1, -0.05) is 17.7 Å². The summed E-state index contributed by atoms with van der Waals surface area (Å²) in [6.45, 7) is 5.75. The molecule has 0 saturated carbocycles. The first kappa shape index (κ1) is 15.3. The third-order valence-electron chi connectivity index (χ3n) is 3.39. The van der Waals surface area contributed by atoms with Crippen LogP contribution in [0.25, 0.3) is 0 Å². The Balaban J connectivity index is 2.22. The molecule has 2 rings (SSSR count). The molecule has 0 atom stereocenters. The lowest BCUT2D eigenvalue weighted by atomic mass is 10.1. The van der Waals surface area contributed by atoms with Crippen LogP contribution in [0.4, 0.5) is 11.4 Å². The molecule has 0 spiro atoms. The van der Waals surface area contributed by atoms with E-state index in [-0.39, 0.29) is 10.6 Å². The fourth-order valence-electron chi connectivity index (χ4n) is 2.11. The van der Waals surface area contributed by atoms with E-state index < -0.39 is 0 Å². The van der Waals surface area contributed by atoms with Crippen LogP contribution in [0.3, 0.4) is 0 Å². The van der Waals surface area contributed by atoms with Crippen molar-refractivity contribution in [2.24, 2.45) is 0 Å². The lowest BCUT2D eigenvalue weighted by molar-refractivity contribution is -0.386. The molecular formula is C15H16ClN3O2. The first-order chi connectivity index (χ1) is 9.90. The average Bonchev–Trinajstić information content (AvgIpc) is 2.41. The molecule has 0 aliphatic rings. The van der Waals surface area contributed by atoms with Crippen molar-refractivity contribution in [2.45, 2.75) is 27.3 Å². The largest absolute Gasteiger partial charge is 0.379 e. The van der Waals surface area contributed by atoms with Gasteiger partial charge in [0.2, 0.25) is 0 Å². The first-order valence-electron chi connectivity index (χ1n) is 6.49. The van der Waals surface area contributed by atoms with Crippen LogP contribution in [0.15, 0.2) is 24.4 Å². The maximum atomic E-state index is 11.1. The SMILES string of the molecule is Cc1ccc(NCc2ncc(C)c([N+](=O)[O-])c2C)cc1Cl. The zero-order valence-corrected chi connectivity index (χ0v) is 12.9. The summed E-state index contributed by atoms with van der Waals surface area (Å²) in [5, 5.41) is 15.0. The number of rotatable bonds is 4. The fourth-order valence-corrected chi connectivity index (χ4v) is 2.29. The predicted octanol–water partition coefficient (Wildman–Crippen LogP) is 4.18. The van der Waals surface area contributed by atoms with Crippen LogP contribution in [0.5, 0.6) is 0 Å². The Morgan fingerprint density at radius 3 is 2.62 bits per heavy atom. The zero-order valence-electron chi connectivity index (χ0n) is 12.1.